The van der Waals surface area contributed by atoms with Crippen LogP contribution in [0.1, 0.15) is 18.4 Å². The van der Waals surface area contributed by atoms with Gasteiger partial charge in [-0.15, -0.1) is 0 Å². The van der Waals surface area contributed by atoms with E-state index < -0.39 is 10.0 Å². The smallest absolute Gasteiger partial charge is 0.207 e. The van der Waals surface area contributed by atoms with E-state index in [4.69, 9.17) is 0 Å². The van der Waals surface area contributed by atoms with E-state index in [1.54, 1.807) is 42.5 Å². The lowest BCUT2D eigenvalue weighted by molar-refractivity contribution is 0.391. The molecule has 0 atom stereocenters. The van der Waals surface area contributed by atoms with Gasteiger partial charge >= 0.3 is 0 Å². The summed E-state index contributed by atoms with van der Waals surface area (Å²) in [5.41, 5.74) is 0.396. The Balaban J connectivity index is 1.96. The van der Waals surface area contributed by atoms with Gasteiger partial charge in [-0.25, -0.2) is 12.8 Å². The van der Waals surface area contributed by atoms with Gasteiger partial charge in [0.05, 0.1) is 4.90 Å². The number of nitrogens with zero attached hydrogens (tertiary/aromatic N) is 1. The zero-order chi connectivity index (χ0) is 15.7. The van der Waals surface area contributed by atoms with Crippen molar-refractivity contribution >= 4 is 26.0 Å². The second-order valence-corrected chi connectivity index (χ2v) is 8.14. The Hall–Kier alpha value is -1.24. The molecule has 0 bridgehead atoms. The van der Waals surface area contributed by atoms with Crippen molar-refractivity contribution in [3.05, 3.63) is 64.4 Å². The number of sulfonamides is 1. The highest BCUT2D eigenvalue weighted by Gasteiger charge is 2.38. The third-order valence-electron chi connectivity index (χ3n) is 3.64. The van der Waals surface area contributed by atoms with Gasteiger partial charge in [-0.05, 0) is 37.1 Å². The maximum absolute atomic E-state index is 13.9. The molecule has 1 aliphatic rings. The summed E-state index contributed by atoms with van der Waals surface area (Å²) in [7, 11) is -3.64. The molecule has 3 nitrogen and oxygen atoms in total. The zero-order valence-electron chi connectivity index (χ0n) is 11.7. The van der Waals surface area contributed by atoms with E-state index in [1.165, 1.54) is 10.4 Å². The summed E-state index contributed by atoms with van der Waals surface area (Å²) in [5.74, 6) is -0.377. The minimum atomic E-state index is -3.64. The third kappa shape index (κ3) is 3.24. The number of rotatable bonds is 5. The molecule has 22 heavy (non-hydrogen) atoms. The van der Waals surface area contributed by atoms with E-state index in [1.807, 2.05) is 0 Å². The van der Waals surface area contributed by atoms with Gasteiger partial charge in [-0.2, -0.15) is 4.31 Å². The standard InChI is InChI=1S/C16H15BrFNO2S/c17-13-5-3-6-15(10-13)22(20,21)19(14-8-9-14)11-12-4-1-2-7-16(12)18/h1-7,10,14H,8-9,11H2. The molecule has 0 saturated heterocycles. The average Bonchev–Trinajstić information content (AvgIpc) is 3.30. The predicted octanol–water partition coefficient (Wildman–Crippen LogP) is 3.94. The van der Waals surface area contributed by atoms with Crippen LogP contribution in [0.3, 0.4) is 0 Å². The summed E-state index contributed by atoms with van der Waals surface area (Å²) in [4.78, 5) is 0.227. The van der Waals surface area contributed by atoms with Crippen molar-refractivity contribution in [2.45, 2.75) is 30.3 Å². The summed E-state index contributed by atoms with van der Waals surface area (Å²) in [6.07, 6.45) is 1.64. The summed E-state index contributed by atoms with van der Waals surface area (Å²) in [5, 5.41) is 0. The van der Waals surface area contributed by atoms with E-state index in [9.17, 15) is 12.8 Å². The fourth-order valence-electron chi connectivity index (χ4n) is 2.33. The monoisotopic (exact) mass is 383 g/mol. The van der Waals surface area contributed by atoms with Crippen LogP contribution in [0, 0.1) is 5.82 Å². The summed E-state index contributed by atoms with van der Waals surface area (Å²) in [6.45, 7) is 0.0617. The molecule has 0 N–H and O–H groups in total. The van der Waals surface area contributed by atoms with Gasteiger partial charge in [-0.1, -0.05) is 40.2 Å². The number of hydrogen-bond donors (Lipinski definition) is 0. The lowest BCUT2D eigenvalue weighted by Crippen LogP contribution is -2.33. The van der Waals surface area contributed by atoms with Crippen LogP contribution in [0.5, 0.6) is 0 Å². The largest absolute Gasteiger partial charge is 0.243 e. The molecular formula is C16H15BrFNO2S. The maximum atomic E-state index is 13.9. The first-order valence-electron chi connectivity index (χ1n) is 6.99. The average molecular weight is 384 g/mol. The fourth-order valence-corrected chi connectivity index (χ4v) is 4.59. The van der Waals surface area contributed by atoms with Crippen LogP contribution in [0.25, 0.3) is 0 Å². The third-order valence-corrected chi connectivity index (χ3v) is 6.03. The summed E-state index contributed by atoms with van der Waals surface area (Å²) < 4.78 is 41.7. The SMILES string of the molecule is O=S(=O)(c1cccc(Br)c1)N(Cc1ccccc1F)C1CC1. The van der Waals surface area contributed by atoms with Crippen molar-refractivity contribution in [3.8, 4) is 0 Å². The highest BCUT2D eigenvalue weighted by atomic mass is 79.9. The Morgan fingerprint density at radius 1 is 1.14 bits per heavy atom. The molecule has 0 spiro atoms. The highest BCUT2D eigenvalue weighted by molar-refractivity contribution is 9.10. The summed E-state index contributed by atoms with van der Waals surface area (Å²) >= 11 is 3.29. The van der Waals surface area contributed by atoms with Crippen molar-refractivity contribution in [1.29, 1.82) is 0 Å². The Labute approximate surface area is 137 Å². The summed E-state index contributed by atoms with van der Waals surface area (Å²) in [6, 6.07) is 12.9. The molecule has 1 fully saturated rings. The van der Waals surface area contributed by atoms with Crippen molar-refractivity contribution in [1.82, 2.24) is 4.31 Å². The minimum Gasteiger partial charge on any atom is -0.207 e. The molecule has 0 amide bonds. The Morgan fingerprint density at radius 2 is 1.86 bits per heavy atom. The van der Waals surface area contributed by atoms with Crippen LogP contribution in [0.2, 0.25) is 0 Å². The lowest BCUT2D eigenvalue weighted by atomic mass is 10.2. The molecule has 0 radical (unpaired) electrons. The predicted molar refractivity (Wildman–Crippen MR) is 86.3 cm³/mol. The highest BCUT2D eigenvalue weighted by Crippen LogP contribution is 2.34. The van der Waals surface area contributed by atoms with Gasteiger partial charge < -0.3 is 0 Å². The van der Waals surface area contributed by atoms with E-state index >= 15 is 0 Å². The number of halogens is 2. The molecule has 3 rings (SSSR count). The van der Waals surface area contributed by atoms with Crippen molar-refractivity contribution < 1.29 is 12.8 Å². The normalized spacial score (nSPS) is 15.2. The first kappa shape index (κ1) is 15.6. The first-order chi connectivity index (χ1) is 10.5. The quantitative estimate of drug-likeness (QED) is 0.783. The zero-order valence-corrected chi connectivity index (χ0v) is 14.1. The van der Waals surface area contributed by atoms with E-state index in [2.05, 4.69) is 15.9 Å². The Bertz CT molecular complexity index is 790. The molecule has 1 saturated carbocycles. The van der Waals surface area contributed by atoms with Crippen LogP contribution < -0.4 is 0 Å². The van der Waals surface area contributed by atoms with Crippen LogP contribution >= 0.6 is 15.9 Å². The van der Waals surface area contributed by atoms with Crippen LogP contribution in [0.15, 0.2) is 57.9 Å². The van der Waals surface area contributed by atoms with Crippen molar-refractivity contribution in [2.75, 3.05) is 0 Å². The molecular weight excluding hydrogens is 369 g/mol. The van der Waals surface area contributed by atoms with Crippen LogP contribution in [0.4, 0.5) is 4.39 Å². The molecule has 0 aromatic heterocycles. The molecule has 6 heteroatoms. The maximum Gasteiger partial charge on any atom is 0.243 e. The molecule has 0 heterocycles. The molecule has 1 aliphatic carbocycles. The van der Waals surface area contributed by atoms with Crippen LogP contribution in [-0.2, 0) is 16.6 Å². The first-order valence-corrected chi connectivity index (χ1v) is 9.22. The van der Waals surface area contributed by atoms with E-state index in [-0.39, 0.29) is 23.3 Å². The van der Waals surface area contributed by atoms with Gasteiger partial charge in [0.2, 0.25) is 10.0 Å². The van der Waals surface area contributed by atoms with Gasteiger partial charge in [0.25, 0.3) is 0 Å². The molecule has 0 aliphatic heterocycles. The molecule has 0 unspecified atom stereocenters. The molecule has 2 aromatic rings. The number of hydrogen-bond acceptors (Lipinski definition) is 2. The Morgan fingerprint density at radius 3 is 2.50 bits per heavy atom. The van der Waals surface area contributed by atoms with E-state index in [0.29, 0.717) is 10.0 Å². The Kier molecular flexibility index (Phi) is 4.34. The van der Waals surface area contributed by atoms with Gasteiger partial charge in [0.1, 0.15) is 5.82 Å². The second-order valence-electron chi connectivity index (χ2n) is 5.33. The topological polar surface area (TPSA) is 37.4 Å². The van der Waals surface area contributed by atoms with Crippen molar-refractivity contribution in [2.24, 2.45) is 0 Å². The fraction of sp³-hybridized carbons (Fsp3) is 0.250. The van der Waals surface area contributed by atoms with Gasteiger partial charge in [0, 0.05) is 22.6 Å². The second kappa shape index (κ2) is 6.10. The molecule has 2 aromatic carbocycles. The minimum absolute atomic E-state index is 0.0383. The van der Waals surface area contributed by atoms with Gasteiger partial charge in [-0.3, -0.25) is 0 Å². The lowest BCUT2D eigenvalue weighted by Gasteiger charge is -2.22. The van der Waals surface area contributed by atoms with E-state index in [0.717, 1.165) is 12.8 Å². The van der Waals surface area contributed by atoms with Crippen molar-refractivity contribution in [3.63, 3.8) is 0 Å². The number of benzene rings is 2. The van der Waals surface area contributed by atoms with Crippen LogP contribution in [-0.4, -0.2) is 18.8 Å². The molecule has 116 valence electrons. The van der Waals surface area contributed by atoms with Gasteiger partial charge in [0.15, 0.2) is 0 Å².